The first-order valence-electron chi connectivity index (χ1n) is 13.2. The summed E-state index contributed by atoms with van der Waals surface area (Å²) in [6, 6.07) is 54.8. The van der Waals surface area contributed by atoms with E-state index >= 15 is 0 Å². The molecule has 0 N–H and O–H groups in total. The molecule has 0 spiro atoms. The zero-order valence-electron chi connectivity index (χ0n) is 21.4. The van der Waals surface area contributed by atoms with Crippen LogP contribution in [0.2, 0.25) is 0 Å². The molecule has 2 bridgehead atoms. The fourth-order valence-electron chi connectivity index (χ4n) is 5.62. The summed E-state index contributed by atoms with van der Waals surface area (Å²) >= 11 is 0. The average Bonchev–Trinajstić information content (AvgIpc) is 3.04. The van der Waals surface area contributed by atoms with Gasteiger partial charge in [-0.1, -0.05) is 157 Å². The minimum absolute atomic E-state index is 0.593. The van der Waals surface area contributed by atoms with Crippen molar-refractivity contribution in [2.24, 2.45) is 4.99 Å². The predicted molar refractivity (Wildman–Crippen MR) is 170 cm³/mol. The Hall–Kier alpha value is -3.89. The fraction of sp³-hybridized carbons (Fsp3) is 0.0278. The summed E-state index contributed by atoms with van der Waals surface area (Å²) in [6.07, 6.45) is 2.38. The summed E-state index contributed by atoms with van der Waals surface area (Å²) < 4.78 is 0. The van der Waals surface area contributed by atoms with E-state index in [9.17, 15) is 0 Å². The van der Waals surface area contributed by atoms with E-state index in [0.717, 1.165) is 0 Å². The zero-order chi connectivity index (χ0) is 26.1. The van der Waals surface area contributed by atoms with Crippen molar-refractivity contribution in [3.63, 3.8) is 0 Å². The Kier molecular flexibility index (Phi) is 6.41. The van der Waals surface area contributed by atoms with Crippen LogP contribution in [0.5, 0.6) is 0 Å². The maximum atomic E-state index is 5.71. The molecule has 3 aliphatic heterocycles. The lowest BCUT2D eigenvalue weighted by Crippen LogP contribution is -2.33. The van der Waals surface area contributed by atoms with Crippen molar-refractivity contribution in [3.8, 4) is 0 Å². The van der Waals surface area contributed by atoms with Crippen molar-refractivity contribution in [3.05, 3.63) is 185 Å². The van der Waals surface area contributed by atoms with Gasteiger partial charge in [0.25, 0.3) is 0 Å². The number of benzene rings is 5. The third-order valence-electron chi connectivity index (χ3n) is 7.36. The number of hydrogen-bond donors (Lipinski definition) is 0. The van der Waals surface area contributed by atoms with E-state index in [4.69, 9.17) is 4.99 Å². The average molecular weight is 536 g/mol. The number of nitrogens with zero attached hydrogens (tertiary/aromatic N) is 1. The molecule has 3 aliphatic rings. The Morgan fingerprint density at radius 2 is 0.974 bits per heavy atom. The van der Waals surface area contributed by atoms with Gasteiger partial charge >= 0.3 is 0 Å². The van der Waals surface area contributed by atoms with E-state index in [0.29, 0.717) is 0 Å². The number of rotatable bonds is 6. The van der Waals surface area contributed by atoms with E-state index in [1.807, 2.05) is 0 Å². The molecule has 1 nitrogen and oxygen atoms in total. The Balaban J connectivity index is 1.60. The van der Waals surface area contributed by atoms with Gasteiger partial charge in [0, 0.05) is 24.1 Å². The smallest absolute Gasteiger partial charge is 0.131 e. The Bertz CT molecular complexity index is 1640. The highest BCUT2D eigenvalue weighted by Gasteiger charge is 2.48. The van der Waals surface area contributed by atoms with Crippen molar-refractivity contribution in [1.29, 1.82) is 0 Å². The minimum Gasteiger partial charge on any atom is -0.263 e. The van der Waals surface area contributed by atoms with E-state index < -0.39 is 21.4 Å². The van der Waals surface area contributed by atoms with E-state index in [1.165, 1.54) is 43.4 Å². The molecule has 0 aromatic heterocycles. The molecule has 39 heavy (non-hydrogen) atoms. The Morgan fingerprint density at radius 1 is 0.513 bits per heavy atom. The molecular weight excluding hydrogens is 508 g/mol. The molecule has 0 fully saturated rings. The topological polar surface area (TPSA) is 12.4 Å². The van der Waals surface area contributed by atoms with Crippen molar-refractivity contribution >= 4 is 37.5 Å². The Labute approximate surface area is 232 Å². The second-order valence-electron chi connectivity index (χ2n) is 9.69. The summed E-state index contributed by atoms with van der Waals surface area (Å²) in [6.45, 7) is 0. The lowest BCUT2D eigenvalue weighted by molar-refractivity contribution is 0.736. The van der Waals surface area contributed by atoms with Gasteiger partial charge in [0.2, 0.25) is 0 Å². The van der Waals surface area contributed by atoms with Crippen LogP contribution in [0.15, 0.2) is 174 Å². The van der Waals surface area contributed by atoms with Crippen LogP contribution in [-0.4, -0.2) is 5.45 Å². The molecule has 5 aromatic carbocycles. The molecule has 0 radical (unpaired) electrons. The van der Waals surface area contributed by atoms with E-state index in [2.05, 4.69) is 164 Å². The van der Waals surface area contributed by atoms with Gasteiger partial charge in [-0.15, -0.1) is 0 Å². The molecule has 3 heterocycles. The Morgan fingerprint density at radius 3 is 1.51 bits per heavy atom. The summed E-state index contributed by atoms with van der Waals surface area (Å²) in [7, 11) is -1.61. The van der Waals surface area contributed by atoms with Gasteiger partial charge < -0.3 is 0 Å². The SMILES string of the molecule is C1=CC2(c3ccccc3)N=C(c3ccccc3)P1C(P(c1ccccc1)c1ccccc1)=C2c1ccccc1. The second kappa shape index (κ2) is 10.3. The predicted octanol–water partition coefficient (Wildman–Crippen LogP) is 8.85. The monoisotopic (exact) mass is 535 g/mol. The molecule has 0 amide bonds. The van der Waals surface area contributed by atoms with Crippen molar-refractivity contribution in [1.82, 2.24) is 0 Å². The van der Waals surface area contributed by atoms with Crippen LogP contribution >= 0.6 is 15.8 Å². The van der Waals surface area contributed by atoms with Gasteiger partial charge in [0.15, 0.2) is 0 Å². The highest BCUT2D eigenvalue weighted by Crippen LogP contribution is 2.73. The third-order valence-corrected chi connectivity index (χ3v) is 12.8. The van der Waals surface area contributed by atoms with Crippen LogP contribution in [0.3, 0.4) is 0 Å². The lowest BCUT2D eigenvalue weighted by atomic mass is 9.80. The zero-order valence-corrected chi connectivity index (χ0v) is 23.2. The quantitative estimate of drug-likeness (QED) is 0.193. The molecule has 3 heteroatoms. The van der Waals surface area contributed by atoms with Crippen LogP contribution in [0.1, 0.15) is 16.7 Å². The fourth-order valence-corrected chi connectivity index (χ4v) is 12.0. The molecule has 5 aromatic rings. The molecule has 8 rings (SSSR count). The standard InChI is InChI=1S/C36H27NP2/c1-6-16-28(17-7-1)33-35(39(31-22-12-4-13-23-31)32-24-14-5-15-25-32)38-27-26-36(33,30-20-10-3-11-21-30)37-34(38)29-18-8-2-9-19-29/h1-27H. The summed E-state index contributed by atoms with van der Waals surface area (Å²) in [5, 5.41) is 4.28. The van der Waals surface area contributed by atoms with Crippen LogP contribution < -0.4 is 10.6 Å². The van der Waals surface area contributed by atoms with Gasteiger partial charge in [-0.2, -0.15) is 0 Å². The largest absolute Gasteiger partial charge is 0.263 e. The van der Waals surface area contributed by atoms with Crippen molar-refractivity contribution in [2.45, 2.75) is 5.54 Å². The number of aliphatic imine (C=N–C) groups is 1. The van der Waals surface area contributed by atoms with Crippen LogP contribution in [0, 0.1) is 0 Å². The van der Waals surface area contributed by atoms with Gasteiger partial charge in [-0.25, -0.2) is 0 Å². The normalized spacial score (nSPS) is 19.8. The molecule has 0 aliphatic carbocycles. The van der Waals surface area contributed by atoms with Crippen LogP contribution in [-0.2, 0) is 5.54 Å². The molecule has 2 atom stereocenters. The maximum Gasteiger partial charge on any atom is 0.131 e. The minimum atomic E-state index is -0.810. The molecule has 0 saturated carbocycles. The molecule has 186 valence electrons. The highest BCUT2D eigenvalue weighted by molar-refractivity contribution is 7.97. The van der Waals surface area contributed by atoms with Gasteiger partial charge in [0.05, 0.1) is 5.45 Å². The van der Waals surface area contributed by atoms with Gasteiger partial charge in [-0.05, 0) is 35.7 Å². The highest BCUT2D eigenvalue weighted by atomic mass is 31.2. The van der Waals surface area contributed by atoms with Crippen LogP contribution in [0.25, 0.3) is 5.57 Å². The van der Waals surface area contributed by atoms with Gasteiger partial charge in [-0.3, -0.25) is 4.99 Å². The first-order valence-corrected chi connectivity index (χ1v) is 16.0. The summed E-state index contributed by atoms with van der Waals surface area (Å²) in [5.74, 6) is 2.49. The first-order chi connectivity index (χ1) is 19.4. The summed E-state index contributed by atoms with van der Waals surface area (Å²) in [4.78, 5) is 5.71. The molecular formula is C36H27NP2. The van der Waals surface area contributed by atoms with E-state index in [1.54, 1.807) is 0 Å². The van der Waals surface area contributed by atoms with Crippen molar-refractivity contribution in [2.75, 3.05) is 0 Å². The second-order valence-corrected chi connectivity index (χ2v) is 14.1. The summed E-state index contributed by atoms with van der Waals surface area (Å²) in [5.41, 5.74) is 5.64. The van der Waals surface area contributed by atoms with Gasteiger partial charge in [0.1, 0.15) is 5.54 Å². The third kappa shape index (κ3) is 4.24. The maximum absolute atomic E-state index is 5.71. The number of hydrogen-bond acceptors (Lipinski definition) is 1. The van der Waals surface area contributed by atoms with Crippen LogP contribution in [0.4, 0.5) is 0 Å². The first kappa shape index (κ1) is 24.2. The molecule has 0 saturated heterocycles. The molecule has 2 unspecified atom stereocenters. The van der Waals surface area contributed by atoms with Crippen molar-refractivity contribution < 1.29 is 0 Å². The lowest BCUT2D eigenvalue weighted by Gasteiger charge is -2.46. The van der Waals surface area contributed by atoms with E-state index in [-0.39, 0.29) is 0 Å².